The highest BCUT2D eigenvalue weighted by molar-refractivity contribution is 7.90. The molecule has 0 aliphatic rings. The minimum Gasteiger partial charge on any atom is -0.481 e. The molecule has 1 aromatic rings. The highest BCUT2D eigenvalue weighted by Crippen LogP contribution is 2.18. The van der Waals surface area contributed by atoms with E-state index in [9.17, 15) is 13.2 Å². The van der Waals surface area contributed by atoms with Gasteiger partial charge in [0, 0.05) is 13.1 Å². The number of anilines is 1. The smallest absolute Gasteiger partial charge is 0.305 e. The first kappa shape index (κ1) is 17.5. The predicted molar refractivity (Wildman–Crippen MR) is 82.5 cm³/mol. The summed E-state index contributed by atoms with van der Waals surface area (Å²) in [7, 11) is -3.76. The molecular formula is C14H22N2O4S. The molecule has 0 aliphatic heterocycles. The summed E-state index contributed by atoms with van der Waals surface area (Å²) < 4.78 is 28.3. The van der Waals surface area contributed by atoms with Gasteiger partial charge in [-0.2, -0.15) is 13.1 Å². The van der Waals surface area contributed by atoms with Gasteiger partial charge in [-0.05, 0) is 25.0 Å². The van der Waals surface area contributed by atoms with E-state index in [0.717, 1.165) is 9.87 Å². The van der Waals surface area contributed by atoms with Crippen molar-refractivity contribution in [3.8, 4) is 0 Å². The fourth-order valence-electron chi connectivity index (χ4n) is 1.65. The van der Waals surface area contributed by atoms with Crippen LogP contribution in [0, 0.1) is 12.8 Å². The van der Waals surface area contributed by atoms with Crippen molar-refractivity contribution in [2.75, 3.05) is 17.4 Å². The van der Waals surface area contributed by atoms with Gasteiger partial charge < -0.3 is 5.11 Å². The number of nitrogens with one attached hydrogen (secondary N) is 1. The molecule has 0 aromatic heterocycles. The lowest BCUT2D eigenvalue weighted by Gasteiger charge is -2.24. The van der Waals surface area contributed by atoms with Crippen molar-refractivity contribution >= 4 is 21.9 Å². The molecule has 7 heteroatoms. The third kappa shape index (κ3) is 5.73. The molecule has 0 saturated heterocycles. The highest BCUT2D eigenvalue weighted by Gasteiger charge is 2.23. The lowest BCUT2D eigenvalue weighted by molar-refractivity contribution is -0.136. The number of carboxylic acid groups (broad SMARTS) is 1. The molecule has 0 amide bonds. The Labute approximate surface area is 126 Å². The lowest BCUT2D eigenvalue weighted by Crippen LogP contribution is -2.43. The van der Waals surface area contributed by atoms with Crippen LogP contribution in [0.15, 0.2) is 24.3 Å². The molecule has 0 radical (unpaired) electrons. The first-order valence-corrected chi connectivity index (χ1v) is 8.22. The van der Waals surface area contributed by atoms with Gasteiger partial charge >= 0.3 is 16.2 Å². The number of benzene rings is 1. The molecule has 0 saturated carbocycles. The maximum absolute atomic E-state index is 12.4. The summed E-state index contributed by atoms with van der Waals surface area (Å²) >= 11 is 0. The van der Waals surface area contributed by atoms with Crippen LogP contribution in [0.5, 0.6) is 0 Å². The number of nitrogens with zero attached hydrogens (tertiary/aromatic N) is 1. The van der Waals surface area contributed by atoms with E-state index < -0.39 is 16.2 Å². The van der Waals surface area contributed by atoms with Crippen molar-refractivity contribution in [1.29, 1.82) is 0 Å². The van der Waals surface area contributed by atoms with Crippen LogP contribution >= 0.6 is 0 Å². The van der Waals surface area contributed by atoms with E-state index in [4.69, 9.17) is 5.11 Å². The number of rotatable bonds is 8. The number of hydrogen-bond donors (Lipinski definition) is 2. The fourth-order valence-corrected chi connectivity index (χ4v) is 3.08. The van der Waals surface area contributed by atoms with E-state index in [0.29, 0.717) is 12.2 Å². The average molecular weight is 314 g/mol. The number of carboxylic acids is 1. The van der Waals surface area contributed by atoms with Crippen LogP contribution in [0.3, 0.4) is 0 Å². The Hall–Kier alpha value is -1.60. The Morgan fingerprint density at radius 3 is 2.33 bits per heavy atom. The molecule has 0 heterocycles. The SMILES string of the molecule is Cc1ccc(N(CCC(=O)O)S(=O)(=O)NCC(C)C)cc1. The minimum atomic E-state index is -3.76. The summed E-state index contributed by atoms with van der Waals surface area (Å²) in [5.74, 6) is -0.870. The zero-order chi connectivity index (χ0) is 16.0. The third-order valence-electron chi connectivity index (χ3n) is 2.81. The van der Waals surface area contributed by atoms with Gasteiger partial charge in [0.15, 0.2) is 0 Å². The molecule has 0 bridgehead atoms. The zero-order valence-electron chi connectivity index (χ0n) is 12.5. The minimum absolute atomic E-state index is 0.105. The molecule has 21 heavy (non-hydrogen) atoms. The van der Waals surface area contributed by atoms with Crippen LogP contribution in [-0.4, -0.2) is 32.6 Å². The third-order valence-corrected chi connectivity index (χ3v) is 4.32. The second-order valence-electron chi connectivity index (χ2n) is 5.30. The van der Waals surface area contributed by atoms with Crippen molar-refractivity contribution in [2.24, 2.45) is 5.92 Å². The number of aryl methyl sites for hydroxylation is 1. The van der Waals surface area contributed by atoms with E-state index in [2.05, 4.69) is 4.72 Å². The van der Waals surface area contributed by atoms with E-state index in [1.165, 1.54) is 0 Å². The second kappa shape index (κ2) is 7.42. The maximum Gasteiger partial charge on any atom is 0.305 e. The molecule has 6 nitrogen and oxygen atoms in total. The van der Waals surface area contributed by atoms with Gasteiger partial charge in [0.1, 0.15) is 0 Å². The molecule has 0 aliphatic carbocycles. The second-order valence-corrected chi connectivity index (χ2v) is 6.98. The zero-order valence-corrected chi connectivity index (χ0v) is 13.4. The topological polar surface area (TPSA) is 86.7 Å². The monoisotopic (exact) mass is 314 g/mol. The van der Waals surface area contributed by atoms with Crippen molar-refractivity contribution in [3.05, 3.63) is 29.8 Å². The molecular weight excluding hydrogens is 292 g/mol. The van der Waals surface area contributed by atoms with Crippen LogP contribution in [0.25, 0.3) is 0 Å². The predicted octanol–water partition coefficient (Wildman–Crippen LogP) is 1.77. The number of aliphatic carboxylic acids is 1. The van der Waals surface area contributed by atoms with Gasteiger partial charge in [-0.15, -0.1) is 0 Å². The average Bonchev–Trinajstić information content (AvgIpc) is 2.38. The van der Waals surface area contributed by atoms with Crippen molar-refractivity contribution < 1.29 is 18.3 Å². The Morgan fingerprint density at radius 1 is 1.29 bits per heavy atom. The van der Waals surface area contributed by atoms with Crippen molar-refractivity contribution in [2.45, 2.75) is 27.2 Å². The lowest BCUT2D eigenvalue weighted by atomic mass is 10.2. The Bertz CT molecular complexity index is 567. The Morgan fingerprint density at radius 2 is 1.86 bits per heavy atom. The summed E-state index contributed by atoms with van der Waals surface area (Å²) in [5, 5.41) is 8.80. The molecule has 1 rings (SSSR count). The van der Waals surface area contributed by atoms with Gasteiger partial charge in [0.2, 0.25) is 0 Å². The van der Waals surface area contributed by atoms with E-state index in [-0.39, 0.29) is 18.9 Å². The van der Waals surface area contributed by atoms with Crippen molar-refractivity contribution in [3.63, 3.8) is 0 Å². The molecule has 0 fully saturated rings. The highest BCUT2D eigenvalue weighted by atomic mass is 32.2. The summed E-state index contributed by atoms with van der Waals surface area (Å²) in [6, 6.07) is 6.93. The van der Waals surface area contributed by atoms with Crippen LogP contribution in [-0.2, 0) is 15.0 Å². The molecule has 2 N–H and O–H groups in total. The van der Waals surface area contributed by atoms with Gasteiger partial charge in [-0.25, -0.2) is 0 Å². The van der Waals surface area contributed by atoms with E-state index in [1.54, 1.807) is 24.3 Å². The van der Waals surface area contributed by atoms with Gasteiger partial charge in [-0.3, -0.25) is 9.10 Å². The molecule has 0 unspecified atom stereocenters. The van der Waals surface area contributed by atoms with Crippen LogP contribution in [0.4, 0.5) is 5.69 Å². The van der Waals surface area contributed by atoms with Gasteiger partial charge in [-0.1, -0.05) is 31.5 Å². The fraction of sp³-hybridized carbons (Fsp3) is 0.500. The first-order valence-electron chi connectivity index (χ1n) is 6.78. The van der Waals surface area contributed by atoms with Gasteiger partial charge in [0.25, 0.3) is 0 Å². The quantitative estimate of drug-likeness (QED) is 0.765. The molecule has 1 aromatic carbocycles. The summed E-state index contributed by atoms with van der Waals surface area (Å²) in [6.07, 6.45) is -0.254. The van der Waals surface area contributed by atoms with Crippen molar-refractivity contribution in [1.82, 2.24) is 4.72 Å². The summed E-state index contributed by atoms with van der Waals surface area (Å²) in [6.45, 7) is 5.90. The van der Waals surface area contributed by atoms with E-state index in [1.807, 2.05) is 20.8 Å². The molecule has 0 spiro atoms. The summed E-state index contributed by atoms with van der Waals surface area (Å²) in [5.41, 5.74) is 1.46. The summed E-state index contributed by atoms with van der Waals surface area (Å²) in [4.78, 5) is 10.7. The van der Waals surface area contributed by atoms with Crippen LogP contribution in [0.2, 0.25) is 0 Å². The van der Waals surface area contributed by atoms with Crippen LogP contribution in [0.1, 0.15) is 25.8 Å². The first-order chi connectivity index (χ1) is 9.72. The van der Waals surface area contributed by atoms with Gasteiger partial charge in [0.05, 0.1) is 12.1 Å². The number of carbonyl (C=O) groups is 1. The normalized spacial score (nSPS) is 11.6. The molecule has 118 valence electrons. The Balaban J connectivity index is 3.00. The van der Waals surface area contributed by atoms with Crippen LogP contribution < -0.4 is 9.03 Å². The van der Waals surface area contributed by atoms with E-state index >= 15 is 0 Å². The maximum atomic E-state index is 12.4. The number of hydrogen-bond acceptors (Lipinski definition) is 3. The molecule has 0 atom stereocenters. The Kier molecular flexibility index (Phi) is 6.17. The standard InChI is InChI=1S/C14H22N2O4S/c1-11(2)10-15-21(19,20)16(9-8-14(17)18)13-6-4-12(3)5-7-13/h4-7,11,15H,8-10H2,1-3H3,(H,17,18). The largest absolute Gasteiger partial charge is 0.481 e.